The largest absolute Gasteiger partial charge is 0.496 e. The molecule has 4 atom stereocenters. The number of nitrogens with zero attached hydrogens (tertiary/aromatic N) is 5. The summed E-state index contributed by atoms with van der Waals surface area (Å²) in [7, 11) is 6.25. The Bertz CT molecular complexity index is 3770. The van der Waals surface area contributed by atoms with Crippen LogP contribution in [0.5, 0.6) is 11.5 Å². The Labute approximate surface area is 478 Å². The quantitative estimate of drug-likeness (QED) is 0.0700. The van der Waals surface area contributed by atoms with Crippen LogP contribution in [0.4, 0.5) is 22.7 Å². The van der Waals surface area contributed by atoms with Crippen molar-refractivity contribution in [3.8, 4) is 23.6 Å². The zero-order chi connectivity index (χ0) is 57.2. The van der Waals surface area contributed by atoms with Crippen LogP contribution in [0.2, 0.25) is 0 Å². The molecule has 2 aliphatic rings. The first-order valence-electron chi connectivity index (χ1n) is 25.4. The minimum atomic E-state index is -1.88. The minimum absolute atomic E-state index is 0.0593. The second kappa shape index (κ2) is 23.4. The van der Waals surface area contributed by atoms with Gasteiger partial charge in [-0.2, -0.15) is 10.5 Å². The lowest BCUT2D eigenvalue weighted by Crippen LogP contribution is -2.65. The maximum atomic E-state index is 15.4. The Balaban J connectivity index is 1.13. The lowest BCUT2D eigenvalue weighted by atomic mass is 9.85. The summed E-state index contributed by atoms with van der Waals surface area (Å²) in [6, 6.07) is 35.1. The Morgan fingerprint density at radius 1 is 0.675 bits per heavy atom. The molecule has 7 aromatic rings. The number of carbonyl (C=O) groups is 6. The van der Waals surface area contributed by atoms with Gasteiger partial charge in [0.15, 0.2) is 0 Å². The number of anilines is 4. The van der Waals surface area contributed by atoms with E-state index in [9.17, 15) is 20.1 Å². The fourth-order valence-electron chi connectivity index (χ4n) is 10.1. The standard InChI is InChI=1S/C60H54Br2N10O8/c1-33(65-3)54(73)67-48-31-71(51-24-36(29-64)8-20-49(51)70(58(48)77)30-46-44-18-16-42(62)26-40(44)14-22-53(46)80-6)56(75)37-9-11-38(12-10-37)57(76)72-32-60(69-55(74)34(2)66-4,59(78)68-47-19-7-35(28-63)23-50(47)72)27-45-43-17-15-41(61)25-39(43)13-21-52(45)79-5/h7-26,33-34,48,65-66H,27,30-32H2,1-6H3,(H,67,73)(H,68,78)(H,69,74)/t33-,34-,48-,60-/m0/s1. The highest BCUT2D eigenvalue weighted by Crippen LogP contribution is 2.41. The van der Waals surface area contributed by atoms with Gasteiger partial charge in [-0.25, -0.2) is 0 Å². The average molecular weight is 1200 g/mol. The van der Waals surface area contributed by atoms with Crippen LogP contribution in [0.1, 0.15) is 56.8 Å². The first-order chi connectivity index (χ1) is 38.4. The van der Waals surface area contributed by atoms with Crippen molar-refractivity contribution in [2.24, 2.45) is 0 Å². The number of methoxy groups -OCH3 is 2. The molecule has 2 aliphatic heterocycles. The predicted molar refractivity (Wildman–Crippen MR) is 312 cm³/mol. The molecule has 80 heavy (non-hydrogen) atoms. The third-order valence-corrected chi connectivity index (χ3v) is 15.7. The number of amides is 6. The van der Waals surface area contributed by atoms with Gasteiger partial charge in [-0.1, -0.05) is 56.1 Å². The molecule has 18 nitrogen and oxygen atoms in total. The van der Waals surface area contributed by atoms with Crippen molar-refractivity contribution in [2.45, 2.75) is 50.5 Å². The number of ether oxygens (including phenoxy) is 2. The molecule has 0 spiro atoms. The van der Waals surface area contributed by atoms with Crippen LogP contribution >= 0.6 is 31.9 Å². The van der Waals surface area contributed by atoms with E-state index in [1.165, 1.54) is 77.5 Å². The van der Waals surface area contributed by atoms with Gasteiger partial charge < -0.3 is 50.8 Å². The molecule has 5 N–H and O–H groups in total. The van der Waals surface area contributed by atoms with Crippen LogP contribution in [-0.4, -0.2) is 101 Å². The van der Waals surface area contributed by atoms with Gasteiger partial charge in [-0.3, -0.25) is 28.8 Å². The lowest BCUT2D eigenvalue weighted by molar-refractivity contribution is -0.131. The second-order valence-corrected chi connectivity index (χ2v) is 21.3. The first kappa shape index (κ1) is 56.1. The summed E-state index contributed by atoms with van der Waals surface area (Å²) >= 11 is 7.10. The van der Waals surface area contributed by atoms with E-state index in [1.807, 2.05) is 48.5 Å². The van der Waals surface area contributed by atoms with Crippen LogP contribution < -0.4 is 50.8 Å². The van der Waals surface area contributed by atoms with Gasteiger partial charge in [-0.15, -0.1) is 0 Å². The number of fused-ring (bicyclic) bond motifs is 4. The van der Waals surface area contributed by atoms with E-state index in [0.717, 1.165) is 30.5 Å². The molecule has 6 amide bonds. The Morgan fingerprint density at radius 3 is 1.79 bits per heavy atom. The van der Waals surface area contributed by atoms with Gasteiger partial charge in [0.2, 0.25) is 11.8 Å². The average Bonchev–Trinajstić information content (AvgIpc) is 3.83. The molecule has 2 heterocycles. The summed E-state index contributed by atoms with van der Waals surface area (Å²) < 4.78 is 13.4. The van der Waals surface area contributed by atoms with Gasteiger partial charge in [-0.05, 0) is 147 Å². The van der Waals surface area contributed by atoms with E-state index in [0.29, 0.717) is 22.6 Å². The molecular weight excluding hydrogens is 1150 g/mol. The highest BCUT2D eigenvalue weighted by Gasteiger charge is 2.48. The van der Waals surface area contributed by atoms with E-state index in [1.54, 1.807) is 52.2 Å². The molecule has 406 valence electrons. The van der Waals surface area contributed by atoms with E-state index in [-0.39, 0.29) is 64.5 Å². The Kier molecular flexibility index (Phi) is 16.4. The Hall–Kier alpha value is -8.66. The van der Waals surface area contributed by atoms with Gasteiger partial charge >= 0.3 is 0 Å². The summed E-state index contributed by atoms with van der Waals surface area (Å²) in [4.78, 5) is 92.8. The maximum absolute atomic E-state index is 15.4. The minimum Gasteiger partial charge on any atom is -0.496 e. The van der Waals surface area contributed by atoms with Crippen molar-refractivity contribution in [3.63, 3.8) is 0 Å². The number of nitrogens with one attached hydrogen (secondary N) is 5. The fraction of sp³-hybridized carbons (Fsp3) is 0.233. The van der Waals surface area contributed by atoms with Gasteiger partial charge in [0.25, 0.3) is 23.6 Å². The summed E-state index contributed by atoms with van der Waals surface area (Å²) in [6.45, 7) is 2.42. The number of benzene rings is 7. The van der Waals surface area contributed by atoms with Gasteiger partial charge in [0.05, 0.1) is 92.0 Å². The molecule has 0 radical (unpaired) electrons. The molecule has 9 rings (SSSR count). The molecule has 0 aliphatic carbocycles. The third kappa shape index (κ3) is 10.9. The smallest absolute Gasteiger partial charge is 0.258 e. The maximum Gasteiger partial charge on any atom is 0.258 e. The van der Waals surface area contributed by atoms with Crippen LogP contribution in [-0.2, 0) is 32.1 Å². The zero-order valence-electron chi connectivity index (χ0n) is 44.4. The highest BCUT2D eigenvalue weighted by atomic mass is 79.9. The zero-order valence-corrected chi connectivity index (χ0v) is 47.5. The molecule has 20 heteroatoms. The topological polar surface area (TPSA) is 238 Å². The van der Waals surface area contributed by atoms with Crippen LogP contribution in [0.25, 0.3) is 21.5 Å². The van der Waals surface area contributed by atoms with Crippen molar-refractivity contribution in [2.75, 3.05) is 61.4 Å². The second-order valence-electron chi connectivity index (χ2n) is 19.5. The summed E-state index contributed by atoms with van der Waals surface area (Å²) in [5.41, 5.74) is 0.709. The first-order valence-corrected chi connectivity index (χ1v) is 27.0. The molecule has 0 fully saturated rings. The van der Waals surface area contributed by atoms with Crippen molar-refractivity contribution < 1.29 is 38.2 Å². The molecule has 7 aromatic carbocycles. The molecule has 0 saturated carbocycles. The lowest BCUT2D eigenvalue weighted by Gasteiger charge is -2.37. The van der Waals surface area contributed by atoms with Gasteiger partial charge in [0.1, 0.15) is 23.1 Å². The monoisotopic (exact) mass is 1200 g/mol. The fourth-order valence-corrected chi connectivity index (χ4v) is 10.8. The molecule has 0 unspecified atom stereocenters. The van der Waals surface area contributed by atoms with Crippen LogP contribution in [0.3, 0.4) is 0 Å². The highest BCUT2D eigenvalue weighted by molar-refractivity contribution is 9.10. The molecule has 0 saturated heterocycles. The predicted octanol–water partition coefficient (Wildman–Crippen LogP) is 7.87. The van der Waals surface area contributed by atoms with E-state index in [2.05, 4.69) is 70.6 Å². The number of halogens is 2. The van der Waals surface area contributed by atoms with Gasteiger partial charge in [0, 0.05) is 37.6 Å². The van der Waals surface area contributed by atoms with E-state index >= 15 is 19.2 Å². The van der Waals surface area contributed by atoms with Crippen molar-refractivity contribution in [1.82, 2.24) is 21.3 Å². The summed E-state index contributed by atoms with van der Waals surface area (Å²) in [6.07, 6.45) is -0.160. The molecule has 0 aromatic heterocycles. The number of carbonyl (C=O) groups excluding carboxylic acids is 6. The van der Waals surface area contributed by atoms with Crippen molar-refractivity contribution in [1.29, 1.82) is 10.5 Å². The number of hydrogen-bond donors (Lipinski definition) is 5. The third-order valence-electron chi connectivity index (χ3n) is 14.7. The summed E-state index contributed by atoms with van der Waals surface area (Å²) in [5.74, 6) is -2.57. The number of nitriles is 2. The van der Waals surface area contributed by atoms with Crippen LogP contribution in [0.15, 0.2) is 130 Å². The van der Waals surface area contributed by atoms with Crippen molar-refractivity contribution in [3.05, 3.63) is 164 Å². The molecular formula is C60H54Br2N10O8. The summed E-state index contributed by atoms with van der Waals surface area (Å²) in [5, 5.41) is 38.2. The Morgan fingerprint density at radius 2 is 1.21 bits per heavy atom. The van der Waals surface area contributed by atoms with Crippen molar-refractivity contribution >= 4 is 112 Å². The molecule has 0 bridgehead atoms. The normalized spacial score (nSPS) is 16.7. The SMILES string of the molecule is CN[C@@H](C)C(=O)N[C@H]1CN(C(=O)c2ccc(C(=O)N3C[C@](Cc4c(OC)ccc5cc(Br)ccc45)(NC(=O)[C@H](C)NC)C(=O)Nc4ccc(C#N)cc43)cc2)c2cc(C#N)ccc2N(Cc2c(OC)ccc3cc(Br)ccc23)C1=O. The van der Waals surface area contributed by atoms with E-state index in [4.69, 9.17) is 9.47 Å². The van der Waals surface area contributed by atoms with E-state index < -0.39 is 65.7 Å². The van der Waals surface area contributed by atoms with Crippen LogP contribution in [0, 0.1) is 22.7 Å². The number of likely N-dealkylation sites (N-methyl/N-ethyl adjacent to an activating group) is 2. The number of hydrogen-bond acceptors (Lipinski definition) is 12. The number of rotatable bonds is 14.